The Kier molecular flexibility index (Phi) is 5.46. The number of hydrogen-bond acceptors (Lipinski definition) is 4. The van der Waals surface area contributed by atoms with Crippen LogP contribution in [0.15, 0.2) is 48.5 Å². The van der Waals surface area contributed by atoms with E-state index >= 15 is 0 Å². The maximum Gasteiger partial charge on any atom is 0.251 e. The molecule has 1 amide bonds. The lowest BCUT2D eigenvalue weighted by Crippen LogP contribution is -2.25. The summed E-state index contributed by atoms with van der Waals surface area (Å²) >= 11 is 0. The molecule has 128 valence electrons. The predicted octanol–water partition coefficient (Wildman–Crippen LogP) is 2.02. The summed E-state index contributed by atoms with van der Waals surface area (Å²) in [7, 11) is -0.253. The van der Waals surface area contributed by atoms with Gasteiger partial charge in [-0.1, -0.05) is 12.1 Å². The van der Waals surface area contributed by atoms with Crippen molar-refractivity contribution < 1.29 is 17.9 Å². The van der Waals surface area contributed by atoms with E-state index in [0.717, 1.165) is 21.9 Å². The minimum Gasteiger partial charge on any atom is -0.497 e. The summed E-state index contributed by atoms with van der Waals surface area (Å²) in [6.45, 7) is 0.397. The summed E-state index contributed by atoms with van der Waals surface area (Å²) in [5.41, 5.74) is 1.93. The fourth-order valence-electron chi connectivity index (χ4n) is 2.04. The molecule has 24 heavy (non-hydrogen) atoms. The van der Waals surface area contributed by atoms with Gasteiger partial charge >= 0.3 is 0 Å². The lowest BCUT2D eigenvalue weighted by atomic mass is 10.1. The van der Waals surface area contributed by atoms with E-state index in [0.29, 0.717) is 17.8 Å². The lowest BCUT2D eigenvalue weighted by Gasteiger charge is -2.16. The first kappa shape index (κ1) is 17.8. The Balaban J connectivity index is 1.99. The van der Waals surface area contributed by atoms with E-state index in [1.165, 1.54) is 7.05 Å². The Hall–Kier alpha value is -2.54. The molecular weight excluding hydrogens is 328 g/mol. The topological polar surface area (TPSA) is 75.7 Å². The van der Waals surface area contributed by atoms with Crippen LogP contribution in [0.3, 0.4) is 0 Å². The number of benzene rings is 2. The summed E-state index contributed by atoms with van der Waals surface area (Å²) in [4.78, 5) is 12.2. The van der Waals surface area contributed by atoms with Gasteiger partial charge in [-0.2, -0.15) is 0 Å². The average molecular weight is 348 g/mol. The number of anilines is 1. The minimum atomic E-state index is -3.32. The zero-order valence-corrected chi connectivity index (χ0v) is 14.6. The van der Waals surface area contributed by atoms with E-state index in [2.05, 4.69) is 5.32 Å². The van der Waals surface area contributed by atoms with Crippen molar-refractivity contribution in [3.05, 3.63) is 59.7 Å². The Morgan fingerprint density at radius 3 is 2.17 bits per heavy atom. The monoisotopic (exact) mass is 348 g/mol. The molecule has 6 nitrogen and oxygen atoms in total. The number of carbonyl (C=O) groups excluding carboxylic acids is 1. The first-order valence-electron chi connectivity index (χ1n) is 7.26. The Labute approximate surface area is 142 Å². The molecule has 0 radical (unpaired) electrons. The van der Waals surface area contributed by atoms with Crippen molar-refractivity contribution in [3.8, 4) is 5.75 Å². The van der Waals surface area contributed by atoms with Gasteiger partial charge in [-0.25, -0.2) is 8.42 Å². The normalized spacial score (nSPS) is 11.0. The Morgan fingerprint density at radius 1 is 1.08 bits per heavy atom. The number of sulfonamides is 1. The van der Waals surface area contributed by atoms with Crippen LogP contribution in [0.25, 0.3) is 0 Å². The van der Waals surface area contributed by atoms with Gasteiger partial charge in [0, 0.05) is 19.2 Å². The van der Waals surface area contributed by atoms with Crippen molar-refractivity contribution >= 4 is 21.6 Å². The fraction of sp³-hybridized carbons (Fsp3) is 0.235. The molecule has 0 unspecified atom stereocenters. The summed E-state index contributed by atoms with van der Waals surface area (Å²) in [6.07, 6.45) is 1.13. The van der Waals surface area contributed by atoms with Crippen LogP contribution in [0, 0.1) is 0 Å². The highest BCUT2D eigenvalue weighted by molar-refractivity contribution is 7.92. The van der Waals surface area contributed by atoms with E-state index in [4.69, 9.17) is 4.74 Å². The first-order valence-corrected chi connectivity index (χ1v) is 9.11. The molecule has 2 aromatic rings. The second kappa shape index (κ2) is 7.35. The molecule has 0 aliphatic heterocycles. The van der Waals surface area contributed by atoms with E-state index in [9.17, 15) is 13.2 Å². The number of nitrogens with zero attached hydrogens (tertiary/aromatic N) is 1. The summed E-state index contributed by atoms with van der Waals surface area (Å²) in [5.74, 6) is 0.537. The second-order valence-corrected chi connectivity index (χ2v) is 7.32. The molecule has 0 fully saturated rings. The standard InChI is InChI=1S/C17H20N2O4S/c1-19(24(3,21)22)15-8-6-14(7-9-15)17(20)18-12-13-4-10-16(23-2)11-5-13/h4-11H,12H2,1-3H3,(H,18,20). The Morgan fingerprint density at radius 2 is 1.67 bits per heavy atom. The van der Waals surface area contributed by atoms with E-state index in [-0.39, 0.29) is 5.91 Å². The largest absolute Gasteiger partial charge is 0.497 e. The van der Waals surface area contributed by atoms with Crippen molar-refractivity contribution in [1.82, 2.24) is 5.32 Å². The molecule has 0 bridgehead atoms. The molecule has 0 saturated heterocycles. The van der Waals surface area contributed by atoms with Crippen LogP contribution in [0.1, 0.15) is 15.9 Å². The summed E-state index contributed by atoms with van der Waals surface area (Å²) in [6, 6.07) is 13.8. The molecule has 0 aliphatic rings. The quantitative estimate of drug-likeness (QED) is 0.867. The maximum absolute atomic E-state index is 12.2. The number of hydrogen-bond donors (Lipinski definition) is 1. The number of nitrogens with one attached hydrogen (secondary N) is 1. The predicted molar refractivity (Wildman–Crippen MR) is 93.9 cm³/mol. The number of rotatable bonds is 6. The Bertz CT molecular complexity index is 799. The smallest absolute Gasteiger partial charge is 0.251 e. The van der Waals surface area contributed by atoms with Crippen molar-refractivity contribution in [1.29, 1.82) is 0 Å². The third-order valence-electron chi connectivity index (χ3n) is 3.60. The van der Waals surface area contributed by atoms with Gasteiger partial charge in [0.05, 0.1) is 19.1 Å². The van der Waals surface area contributed by atoms with E-state index < -0.39 is 10.0 Å². The zero-order valence-electron chi connectivity index (χ0n) is 13.8. The SMILES string of the molecule is COc1ccc(CNC(=O)c2ccc(N(C)S(C)(=O)=O)cc2)cc1. The molecule has 0 spiro atoms. The molecule has 0 aliphatic carbocycles. The molecule has 0 saturated carbocycles. The average Bonchev–Trinajstić information content (AvgIpc) is 2.58. The van der Waals surface area contributed by atoms with Crippen LogP contribution in [-0.2, 0) is 16.6 Å². The number of ether oxygens (including phenoxy) is 1. The third-order valence-corrected chi connectivity index (χ3v) is 4.81. The van der Waals surface area contributed by atoms with Gasteiger partial charge in [-0.05, 0) is 42.0 Å². The van der Waals surface area contributed by atoms with Crippen LogP contribution >= 0.6 is 0 Å². The van der Waals surface area contributed by atoms with Gasteiger partial charge in [0.25, 0.3) is 5.91 Å². The molecule has 2 rings (SSSR count). The van der Waals surface area contributed by atoms with Crippen LogP contribution in [0.5, 0.6) is 5.75 Å². The van der Waals surface area contributed by atoms with Crippen LogP contribution in [0.4, 0.5) is 5.69 Å². The molecule has 2 aromatic carbocycles. The van der Waals surface area contributed by atoms with Gasteiger partial charge in [0.1, 0.15) is 5.75 Å². The van der Waals surface area contributed by atoms with Gasteiger partial charge in [0.15, 0.2) is 0 Å². The van der Waals surface area contributed by atoms with Crippen LogP contribution in [-0.4, -0.2) is 34.7 Å². The fourth-order valence-corrected chi connectivity index (χ4v) is 2.55. The summed E-state index contributed by atoms with van der Waals surface area (Å²) < 4.78 is 29.2. The highest BCUT2D eigenvalue weighted by Gasteiger charge is 2.12. The molecule has 0 heterocycles. The maximum atomic E-state index is 12.2. The summed E-state index contributed by atoms with van der Waals surface area (Å²) in [5, 5.41) is 2.82. The highest BCUT2D eigenvalue weighted by Crippen LogP contribution is 2.16. The van der Waals surface area contributed by atoms with Gasteiger partial charge in [0.2, 0.25) is 10.0 Å². The van der Waals surface area contributed by atoms with Crippen molar-refractivity contribution in [2.24, 2.45) is 0 Å². The number of methoxy groups -OCH3 is 1. The van der Waals surface area contributed by atoms with Crippen molar-refractivity contribution in [3.63, 3.8) is 0 Å². The zero-order chi connectivity index (χ0) is 17.7. The van der Waals surface area contributed by atoms with E-state index in [1.54, 1.807) is 31.4 Å². The van der Waals surface area contributed by atoms with Crippen LogP contribution < -0.4 is 14.4 Å². The van der Waals surface area contributed by atoms with Gasteiger partial charge in [-0.3, -0.25) is 9.10 Å². The lowest BCUT2D eigenvalue weighted by molar-refractivity contribution is 0.0951. The molecule has 0 atom stereocenters. The number of carbonyl (C=O) groups is 1. The molecule has 7 heteroatoms. The highest BCUT2D eigenvalue weighted by atomic mass is 32.2. The van der Waals surface area contributed by atoms with Crippen molar-refractivity contribution in [2.75, 3.05) is 24.7 Å². The van der Waals surface area contributed by atoms with Crippen LogP contribution in [0.2, 0.25) is 0 Å². The molecular formula is C17H20N2O4S. The molecule has 0 aromatic heterocycles. The van der Waals surface area contributed by atoms with Gasteiger partial charge < -0.3 is 10.1 Å². The van der Waals surface area contributed by atoms with Crippen molar-refractivity contribution in [2.45, 2.75) is 6.54 Å². The van der Waals surface area contributed by atoms with E-state index in [1.807, 2.05) is 24.3 Å². The minimum absolute atomic E-state index is 0.223. The molecule has 1 N–H and O–H groups in total. The second-order valence-electron chi connectivity index (χ2n) is 5.31. The third kappa shape index (κ3) is 4.48. The van der Waals surface area contributed by atoms with Gasteiger partial charge in [-0.15, -0.1) is 0 Å². The number of amides is 1. The first-order chi connectivity index (χ1) is 11.3.